The van der Waals surface area contributed by atoms with E-state index in [-0.39, 0.29) is 29.1 Å². The summed E-state index contributed by atoms with van der Waals surface area (Å²) in [7, 11) is 0. The predicted octanol–water partition coefficient (Wildman–Crippen LogP) is 4.49. The number of carbonyl (C=O) groups is 1. The Hall–Kier alpha value is -2.87. The number of nitrogens with zero attached hydrogens (tertiary/aromatic N) is 1. The molecule has 1 aromatic heterocycles. The molecule has 0 spiro atoms. The number of aromatic nitrogens is 1. The van der Waals surface area contributed by atoms with E-state index in [4.69, 9.17) is 9.15 Å². The Balaban J connectivity index is 1.55. The second-order valence-corrected chi connectivity index (χ2v) is 6.23. The van der Waals surface area contributed by atoms with Crippen molar-refractivity contribution in [3.8, 4) is 0 Å². The zero-order valence-electron chi connectivity index (χ0n) is 14.0. The summed E-state index contributed by atoms with van der Waals surface area (Å²) in [5.74, 6) is -1.72. The van der Waals surface area contributed by atoms with Crippen LogP contribution in [-0.2, 0) is 22.1 Å². The highest BCUT2D eigenvalue weighted by Gasteiger charge is 2.38. The number of fused-ring (bicyclic) bond motifs is 2. The highest BCUT2D eigenvalue weighted by atomic mass is 19.4. The van der Waals surface area contributed by atoms with Crippen molar-refractivity contribution in [3.05, 3.63) is 59.5 Å². The van der Waals surface area contributed by atoms with Gasteiger partial charge in [-0.25, -0.2) is 4.98 Å². The van der Waals surface area contributed by atoms with Crippen LogP contribution in [0.3, 0.4) is 0 Å². The lowest BCUT2D eigenvalue weighted by Crippen LogP contribution is -2.22. The van der Waals surface area contributed by atoms with E-state index in [2.05, 4.69) is 10.3 Å². The van der Waals surface area contributed by atoms with Crippen LogP contribution in [0.25, 0.3) is 11.1 Å². The summed E-state index contributed by atoms with van der Waals surface area (Å²) in [6.07, 6.45) is -4.25. The fourth-order valence-corrected chi connectivity index (χ4v) is 3.19. The van der Waals surface area contributed by atoms with E-state index < -0.39 is 18.2 Å². The number of halogens is 3. The van der Waals surface area contributed by atoms with Crippen LogP contribution < -0.4 is 5.32 Å². The molecule has 5 nitrogen and oxygen atoms in total. The van der Waals surface area contributed by atoms with Crippen LogP contribution in [0.15, 0.2) is 46.9 Å². The number of carbonyl (C=O) groups excluding carboxylic acids is 1. The number of oxazole rings is 1. The van der Waals surface area contributed by atoms with Gasteiger partial charge in [-0.05, 0) is 29.7 Å². The van der Waals surface area contributed by atoms with E-state index in [1.54, 1.807) is 0 Å². The lowest BCUT2D eigenvalue weighted by Gasteiger charge is -2.25. The normalized spacial score (nSPS) is 16.9. The second kappa shape index (κ2) is 6.70. The first kappa shape index (κ1) is 17.5. The lowest BCUT2D eigenvalue weighted by molar-refractivity contribution is -0.156. The summed E-state index contributed by atoms with van der Waals surface area (Å²) < 4.78 is 48.9. The first-order valence-corrected chi connectivity index (χ1v) is 8.38. The van der Waals surface area contributed by atoms with E-state index in [0.29, 0.717) is 6.61 Å². The highest BCUT2D eigenvalue weighted by molar-refractivity contribution is 5.99. The molecule has 0 bridgehead atoms. The van der Waals surface area contributed by atoms with Crippen LogP contribution in [0.5, 0.6) is 0 Å². The maximum atomic E-state index is 12.8. The van der Waals surface area contributed by atoms with Gasteiger partial charge in [0, 0.05) is 0 Å². The van der Waals surface area contributed by atoms with Crippen LogP contribution in [0.4, 0.5) is 18.9 Å². The number of alkyl halides is 3. The van der Waals surface area contributed by atoms with E-state index in [9.17, 15) is 18.0 Å². The molecule has 2 heterocycles. The molecule has 0 saturated carbocycles. The molecule has 0 aliphatic carbocycles. The van der Waals surface area contributed by atoms with Gasteiger partial charge in [-0.3, -0.25) is 4.79 Å². The quantitative estimate of drug-likeness (QED) is 0.732. The second-order valence-electron chi connectivity index (χ2n) is 6.23. The average molecular weight is 376 g/mol. The van der Waals surface area contributed by atoms with Crippen LogP contribution >= 0.6 is 0 Å². The van der Waals surface area contributed by atoms with Crippen LogP contribution in [0, 0.1) is 0 Å². The Kier molecular flexibility index (Phi) is 4.35. The first-order chi connectivity index (χ1) is 12.9. The number of para-hydroxylation sites is 1. The minimum Gasteiger partial charge on any atom is -0.433 e. The monoisotopic (exact) mass is 376 g/mol. The Labute approximate surface area is 152 Å². The Morgan fingerprint density at radius 3 is 2.81 bits per heavy atom. The third kappa shape index (κ3) is 3.52. The van der Waals surface area contributed by atoms with E-state index in [1.165, 1.54) is 18.2 Å². The molecule has 2 aromatic carbocycles. The maximum Gasteiger partial charge on any atom is 0.468 e. The molecular formula is C19H15F3N2O3. The Bertz CT molecular complexity index is 997. The first-order valence-electron chi connectivity index (χ1n) is 8.38. The number of rotatable bonds is 3. The molecule has 8 heteroatoms. The topological polar surface area (TPSA) is 64.4 Å². The highest BCUT2D eigenvalue weighted by Crippen LogP contribution is 2.34. The average Bonchev–Trinajstić information content (AvgIpc) is 3.08. The van der Waals surface area contributed by atoms with Crippen LogP contribution in [0.2, 0.25) is 0 Å². The van der Waals surface area contributed by atoms with Crippen molar-refractivity contribution in [2.75, 3.05) is 11.9 Å². The summed E-state index contributed by atoms with van der Waals surface area (Å²) in [6.45, 7) is 0.517. The minimum absolute atomic E-state index is 0.0388. The van der Waals surface area contributed by atoms with Gasteiger partial charge in [0.05, 0.1) is 24.8 Å². The fourth-order valence-electron chi connectivity index (χ4n) is 3.19. The molecule has 0 saturated heterocycles. The summed E-state index contributed by atoms with van der Waals surface area (Å²) >= 11 is 0. The molecule has 140 valence electrons. The van der Waals surface area contributed by atoms with Gasteiger partial charge in [-0.1, -0.05) is 30.3 Å². The van der Waals surface area contributed by atoms with Gasteiger partial charge in [0.2, 0.25) is 5.91 Å². The van der Waals surface area contributed by atoms with E-state index in [1.807, 2.05) is 24.3 Å². The van der Waals surface area contributed by atoms with Crippen molar-refractivity contribution in [2.45, 2.75) is 25.1 Å². The van der Waals surface area contributed by atoms with Crippen molar-refractivity contribution >= 4 is 22.7 Å². The summed E-state index contributed by atoms with van der Waals surface area (Å²) in [4.78, 5) is 15.9. The van der Waals surface area contributed by atoms with Gasteiger partial charge in [-0.2, -0.15) is 13.2 Å². The molecule has 0 radical (unpaired) electrons. The Morgan fingerprint density at radius 2 is 2.00 bits per heavy atom. The number of benzene rings is 2. The summed E-state index contributed by atoms with van der Waals surface area (Å²) in [6, 6.07) is 12.1. The molecule has 1 N–H and O–H groups in total. The third-order valence-electron chi connectivity index (χ3n) is 4.40. The van der Waals surface area contributed by atoms with Crippen molar-refractivity contribution < 1.29 is 27.1 Å². The predicted molar refractivity (Wildman–Crippen MR) is 91.1 cm³/mol. The van der Waals surface area contributed by atoms with Gasteiger partial charge >= 0.3 is 12.1 Å². The van der Waals surface area contributed by atoms with E-state index >= 15 is 0 Å². The van der Waals surface area contributed by atoms with Gasteiger partial charge in [0.1, 0.15) is 5.52 Å². The molecule has 4 rings (SSSR count). The standard InChI is InChI=1S/C19H15F3N2O3/c20-19(21,22)18-24-17-13(6-3-7-14(17)27-18)23-16(25)10-15-12-5-2-1-4-11(12)8-9-26-15/h1-7,15H,8-10H2,(H,23,25)/t15-/m1/s1. The van der Waals surface area contributed by atoms with Gasteiger partial charge in [0.15, 0.2) is 5.58 Å². The number of nitrogens with one attached hydrogen (secondary N) is 1. The smallest absolute Gasteiger partial charge is 0.433 e. The molecule has 1 amide bonds. The molecule has 27 heavy (non-hydrogen) atoms. The molecule has 1 aliphatic heterocycles. The summed E-state index contributed by atoms with van der Waals surface area (Å²) in [5.41, 5.74) is 2.18. The van der Waals surface area contributed by atoms with E-state index in [0.717, 1.165) is 17.5 Å². The fraction of sp³-hybridized carbons (Fsp3) is 0.263. The van der Waals surface area contributed by atoms with Crippen LogP contribution in [0.1, 0.15) is 29.5 Å². The molecule has 3 aromatic rings. The largest absolute Gasteiger partial charge is 0.468 e. The van der Waals surface area contributed by atoms with Gasteiger partial charge in [0.25, 0.3) is 0 Å². The van der Waals surface area contributed by atoms with Crippen molar-refractivity contribution in [3.63, 3.8) is 0 Å². The lowest BCUT2D eigenvalue weighted by atomic mass is 9.95. The van der Waals surface area contributed by atoms with Gasteiger partial charge in [-0.15, -0.1) is 0 Å². The molecule has 0 unspecified atom stereocenters. The van der Waals surface area contributed by atoms with Crippen molar-refractivity contribution in [1.82, 2.24) is 4.98 Å². The SMILES string of the molecule is O=C(C[C@H]1OCCc2ccccc21)Nc1cccc2oc(C(F)(F)F)nc12. The Morgan fingerprint density at radius 1 is 1.19 bits per heavy atom. The van der Waals surface area contributed by atoms with Gasteiger partial charge < -0.3 is 14.5 Å². The zero-order chi connectivity index (χ0) is 19.0. The molecular weight excluding hydrogens is 361 g/mol. The van der Waals surface area contributed by atoms with Crippen LogP contribution in [-0.4, -0.2) is 17.5 Å². The maximum absolute atomic E-state index is 12.8. The number of ether oxygens (including phenoxy) is 1. The summed E-state index contributed by atoms with van der Waals surface area (Å²) in [5, 5.41) is 2.62. The van der Waals surface area contributed by atoms with Crippen molar-refractivity contribution in [1.29, 1.82) is 0 Å². The molecule has 1 atom stereocenters. The number of amides is 1. The number of hydrogen-bond donors (Lipinski definition) is 1. The molecule has 0 fully saturated rings. The zero-order valence-corrected chi connectivity index (χ0v) is 14.0. The van der Waals surface area contributed by atoms with Crippen molar-refractivity contribution in [2.24, 2.45) is 0 Å². The molecule has 1 aliphatic rings. The third-order valence-corrected chi connectivity index (χ3v) is 4.40. The minimum atomic E-state index is -4.69. The number of anilines is 1. The number of hydrogen-bond acceptors (Lipinski definition) is 4.